The van der Waals surface area contributed by atoms with E-state index in [9.17, 15) is 5.11 Å². The van der Waals surface area contributed by atoms with E-state index in [1.54, 1.807) is 0 Å². The SMILES string of the molecule is CC(CO)CN1CCN(Cc2ccccc2)c2ccccc21. The van der Waals surface area contributed by atoms with Gasteiger partial charge in [-0.2, -0.15) is 0 Å². The first-order valence-electron chi connectivity index (χ1n) is 8.01. The third kappa shape index (κ3) is 3.25. The number of aliphatic hydroxyl groups is 1. The molecular formula is C19H24N2O. The molecule has 1 unspecified atom stereocenters. The van der Waals surface area contributed by atoms with Gasteiger partial charge in [0.25, 0.3) is 0 Å². The highest BCUT2D eigenvalue weighted by Crippen LogP contribution is 2.34. The monoisotopic (exact) mass is 296 g/mol. The molecule has 0 saturated carbocycles. The molecule has 2 aromatic carbocycles. The Labute approximate surface area is 132 Å². The topological polar surface area (TPSA) is 26.7 Å². The Morgan fingerprint density at radius 3 is 2.18 bits per heavy atom. The summed E-state index contributed by atoms with van der Waals surface area (Å²) in [7, 11) is 0. The molecule has 0 saturated heterocycles. The highest BCUT2D eigenvalue weighted by atomic mass is 16.3. The lowest BCUT2D eigenvalue weighted by Crippen LogP contribution is -2.42. The minimum absolute atomic E-state index is 0.242. The normalized spacial score (nSPS) is 15.5. The van der Waals surface area contributed by atoms with Crippen LogP contribution in [-0.4, -0.2) is 31.3 Å². The fourth-order valence-electron chi connectivity index (χ4n) is 3.07. The molecule has 0 amide bonds. The summed E-state index contributed by atoms with van der Waals surface area (Å²) in [6, 6.07) is 19.2. The lowest BCUT2D eigenvalue weighted by atomic mass is 10.1. The molecule has 1 aliphatic heterocycles. The second-order valence-electron chi connectivity index (χ2n) is 6.13. The van der Waals surface area contributed by atoms with Crippen LogP contribution in [0.5, 0.6) is 0 Å². The maximum absolute atomic E-state index is 9.32. The van der Waals surface area contributed by atoms with Gasteiger partial charge in [-0.25, -0.2) is 0 Å². The van der Waals surface area contributed by atoms with Crippen molar-refractivity contribution in [2.45, 2.75) is 13.5 Å². The average molecular weight is 296 g/mol. The lowest BCUT2D eigenvalue weighted by Gasteiger charge is -2.40. The Hall–Kier alpha value is -2.00. The smallest absolute Gasteiger partial charge is 0.0607 e. The molecule has 1 heterocycles. The summed E-state index contributed by atoms with van der Waals surface area (Å²) in [5.41, 5.74) is 3.92. The largest absolute Gasteiger partial charge is 0.396 e. The number of anilines is 2. The van der Waals surface area contributed by atoms with E-state index < -0.39 is 0 Å². The fourth-order valence-corrected chi connectivity index (χ4v) is 3.07. The molecule has 1 aliphatic rings. The molecule has 0 radical (unpaired) electrons. The molecular weight excluding hydrogens is 272 g/mol. The average Bonchev–Trinajstić information content (AvgIpc) is 2.58. The van der Waals surface area contributed by atoms with Crippen molar-refractivity contribution in [3.63, 3.8) is 0 Å². The van der Waals surface area contributed by atoms with Crippen molar-refractivity contribution in [2.75, 3.05) is 36.0 Å². The minimum atomic E-state index is 0.242. The number of benzene rings is 2. The van der Waals surface area contributed by atoms with E-state index in [1.807, 2.05) is 0 Å². The maximum atomic E-state index is 9.32. The Kier molecular flexibility index (Phi) is 4.64. The van der Waals surface area contributed by atoms with Crippen LogP contribution in [0.25, 0.3) is 0 Å². The Bertz CT molecular complexity index is 599. The van der Waals surface area contributed by atoms with Crippen LogP contribution < -0.4 is 9.80 Å². The van der Waals surface area contributed by atoms with Crippen molar-refractivity contribution < 1.29 is 5.11 Å². The van der Waals surface area contributed by atoms with Crippen molar-refractivity contribution in [1.29, 1.82) is 0 Å². The van der Waals surface area contributed by atoms with E-state index >= 15 is 0 Å². The Morgan fingerprint density at radius 1 is 0.909 bits per heavy atom. The maximum Gasteiger partial charge on any atom is 0.0607 e. The van der Waals surface area contributed by atoms with Gasteiger partial charge in [0, 0.05) is 32.8 Å². The zero-order valence-corrected chi connectivity index (χ0v) is 13.2. The molecule has 0 fully saturated rings. The molecule has 0 aliphatic carbocycles. The summed E-state index contributed by atoms with van der Waals surface area (Å²) in [4.78, 5) is 4.85. The molecule has 3 rings (SSSR count). The Balaban J connectivity index is 1.81. The van der Waals surface area contributed by atoms with E-state index in [2.05, 4.69) is 71.3 Å². The van der Waals surface area contributed by atoms with Crippen LogP contribution in [-0.2, 0) is 6.54 Å². The van der Waals surface area contributed by atoms with Gasteiger partial charge in [0.15, 0.2) is 0 Å². The van der Waals surface area contributed by atoms with Gasteiger partial charge in [0.05, 0.1) is 11.4 Å². The molecule has 0 bridgehead atoms. The van der Waals surface area contributed by atoms with Gasteiger partial charge in [-0.1, -0.05) is 49.4 Å². The molecule has 0 aromatic heterocycles. The van der Waals surface area contributed by atoms with Gasteiger partial charge >= 0.3 is 0 Å². The zero-order chi connectivity index (χ0) is 15.4. The highest BCUT2D eigenvalue weighted by molar-refractivity contribution is 5.73. The predicted octanol–water partition coefficient (Wildman–Crippen LogP) is 3.14. The lowest BCUT2D eigenvalue weighted by molar-refractivity contribution is 0.239. The number of hydrogen-bond donors (Lipinski definition) is 1. The molecule has 116 valence electrons. The molecule has 22 heavy (non-hydrogen) atoms. The summed E-state index contributed by atoms with van der Waals surface area (Å²) in [6.07, 6.45) is 0. The minimum Gasteiger partial charge on any atom is -0.396 e. The zero-order valence-electron chi connectivity index (χ0n) is 13.2. The quantitative estimate of drug-likeness (QED) is 0.918. The fraction of sp³-hybridized carbons (Fsp3) is 0.368. The molecule has 0 spiro atoms. The van der Waals surface area contributed by atoms with Crippen LogP contribution in [0.3, 0.4) is 0 Å². The van der Waals surface area contributed by atoms with E-state index in [4.69, 9.17) is 0 Å². The standard InChI is InChI=1S/C19H24N2O/c1-16(15-22)13-20-11-12-21(14-17-7-3-2-4-8-17)19-10-6-5-9-18(19)20/h2-10,16,22H,11-15H2,1H3. The van der Waals surface area contributed by atoms with Crippen molar-refractivity contribution in [2.24, 2.45) is 5.92 Å². The highest BCUT2D eigenvalue weighted by Gasteiger charge is 2.23. The van der Waals surface area contributed by atoms with Crippen LogP contribution in [0, 0.1) is 5.92 Å². The van der Waals surface area contributed by atoms with Crippen molar-refractivity contribution >= 4 is 11.4 Å². The van der Waals surface area contributed by atoms with Crippen LogP contribution in [0.15, 0.2) is 54.6 Å². The van der Waals surface area contributed by atoms with Gasteiger partial charge < -0.3 is 14.9 Å². The first-order chi connectivity index (χ1) is 10.8. The number of rotatable bonds is 5. The van der Waals surface area contributed by atoms with Gasteiger partial charge in [-0.15, -0.1) is 0 Å². The van der Waals surface area contributed by atoms with E-state index in [-0.39, 0.29) is 6.61 Å². The van der Waals surface area contributed by atoms with Gasteiger partial charge in [0.2, 0.25) is 0 Å². The van der Waals surface area contributed by atoms with Gasteiger partial charge in [0.1, 0.15) is 0 Å². The van der Waals surface area contributed by atoms with Gasteiger partial charge in [-0.05, 0) is 23.6 Å². The third-order valence-corrected chi connectivity index (χ3v) is 4.26. The van der Waals surface area contributed by atoms with Crippen molar-refractivity contribution in [3.05, 3.63) is 60.2 Å². The summed E-state index contributed by atoms with van der Waals surface area (Å²) in [6.45, 7) is 6.22. The van der Waals surface area contributed by atoms with Crippen molar-refractivity contribution in [3.8, 4) is 0 Å². The summed E-state index contributed by atoms with van der Waals surface area (Å²) in [5, 5.41) is 9.32. The molecule has 2 aromatic rings. The number of hydrogen-bond acceptors (Lipinski definition) is 3. The van der Waals surface area contributed by atoms with Crippen LogP contribution in [0.2, 0.25) is 0 Å². The summed E-state index contributed by atoms with van der Waals surface area (Å²) in [5.74, 6) is 0.300. The molecule has 3 nitrogen and oxygen atoms in total. The van der Waals surface area contributed by atoms with Crippen LogP contribution >= 0.6 is 0 Å². The number of aliphatic hydroxyl groups excluding tert-OH is 1. The second-order valence-corrected chi connectivity index (χ2v) is 6.13. The van der Waals surface area contributed by atoms with E-state index in [0.29, 0.717) is 5.92 Å². The summed E-state index contributed by atoms with van der Waals surface area (Å²) < 4.78 is 0. The Morgan fingerprint density at radius 2 is 1.50 bits per heavy atom. The second kappa shape index (κ2) is 6.84. The van der Waals surface area contributed by atoms with Crippen LogP contribution in [0.4, 0.5) is 11.4 Å². The molecule has 1 N–H and O–H groups in total. The first kappa shape index (κ1) is 14.9. The van der Waals surface area contributed by atoms with Crippen LogP contribution in [0.1, 0.15) is 12.5 Å². The predicted molar refractivity (Wildman–Crippen MR) is 92.4 cm³/mol. The van der Waals surface area contributed by atoms with Crippen molar-refractivity contribution in [1.82, 2.24) is 0 Å². The number of para-hydroxylation sites is 2. The number of fused-ring (bicyclic) bond motifs is 1. The van der Waals surface area contributed by atoms with E-state index in [0.717, 1.165) is 26.2 Å². The van der Waals surface area contributed by atoms with E-state index in [1.165, 1.54) is 16.9 Å². The third-order valence-electron chi connectivity index (χ3n) is 4.26. The number of nitrogens with zero attached hydrogens (tertiary/aromatic N) is 2. The molecule has 1 atom stereocenters. The first-order valence-corrected chi connectivity index (χ1v) is 8.01. The summed E-state index contributed by atoms with van der Waals surface area (Å²) >= 11 is 0. The molecule has 3 heteroatoms. The van der Waals surface area contributed by atoms with Gasteiger partial charge in [-0.3, -0.25) is 0 Å².